The van der Waals surface area contributed by atoms with E-state index in [-0.39, 0.29) is 5.75 Å². The van der Waals surface area contributed by atoms with Crippen LogP contribution in [0.1, 0.15) is 33.6 Å². The van der Waals surface area contributed by atoms with Crippen LogP contribution in [0.4, 0.5) is 0 Å². The molecule has 3 nitrogen and oxygen atoms in total. The molecule has 0 spiro atoms. The average Bonchev–Trinajstić information content (AvgIpc) is 2.22. The quantitative estimate of drug-likeness (QED) is 0.602. The van der Waals surface area contributed by atoms with Crippen molar-refractivity contribution in [1.82, 2.24) is 4.90 Å². The van der Waals surface area contributed by atoms with E-state index in [0.29, 0.717) is 17.7 Å². The molecule has 0 radical (unpaired) electrons. The largest absolute Gasteiger partial charge is 0.301 e. The van der Waals surface area contributed by atoms with Crippen molar-refractivity contribution in [3.8, 4) is 0 Å². The molecule has 0 saturated heterocycles. The third-order valence-electron chi connectivity index (χ3n) is 2.65. The molecule has 0 aromatic heterocycles. The Morgan fingerprint density at radius 1 is 1.19 bits per heavy atom. The normalized spacial score (nSPS) is 12.6. The summed E-state index contributed by atoms with van der Waals surface area (Å²) in [5, 5.41) is 0. The Morgan fingerprint density at radius 2 is 1.75 bits per heavy atom. The van der Waals surface area contributed by atoms with Crippen LogP contribution in [0.25, 0.3) is 0 Å². The first-order valence-electron chi connectivity index (χ1n) is 5.93. The van der Waals surface area contributed by atoms with Crippen LogP contribution in [0.3, 0.4) is 0 Å². The summed E-state index contributed by atoms with van der Waals surface area (Å²) in [6.45, 7) is 7.75. The molecule has 0 atom stereocenters. The Bertz CT molecular complexity index is 265. The summed E-state index contributed by atoms with van der Waals surface area (Å²) in [7, 11) is -2.81. The second-order valence-corrected chi connectivity index (χ2v) is 7.11. The second-order valence-electron chi connectivity index (χ2n) is 4.26. The predicted molar refractivity (Wildman–Crippen MR) is 71.0 cm³/mol. The van der Waals surface area contributed by atoms with Gasteiger partial charge >= 0.3 is 0 Å². The van der Waals surface area contributed by atoms with Gasteiger partial charge in [0.15, 0.2) is 0 Å². The smallest absolute Gasteiger partial charge is 0.150 e. The summed E-state index contributed by atoms with van der Waals surface area (Å²) in [5.41, 5.74) is 0. The van der Waals surface area contributed by atoms with Gasteiger partial charge in [0.2, 0.25) is 0 Å². The van der Waals surface area contributed by atoms with Gasteiger partial charge < -0.3 is 4.90 Å². The molecule has 5 heteroatoms. The topological polar surface area (TPSA) is 37.4 Å². The van der Waals surface area contributed by atoms with Crippen LogP contribution in [0.2, 0.25) is 0 Å². The van der Waals surface area contributed by atoms with Crippen molar-refractivity contribution >= 4 is 21.4 Å². The molecule has 0 bridgehead atoms. The third kappa shape index (κ3) is 7.47. The number of halogens is 1. The van der Waals surface area contributed by atoms with Crippen molar-refractivity contribution in [2.45, 2.75) is 39.7 Å². The van der Waals surface area contributed by atoms with Gasteiger partial charge in [0, 0.05) is 17.7 Å². The van der Waals surface area contributed by atoms with Crippen molar-refractivity contribution in [1.29, 1.82) is 0 Å². The van der Waals surface area contributed by atoms with Crippen molar-refractivity contribution < 1.29 is 8.42 Å². The number of nitrogens with zero attached hydrogens (tertiary/aromatic N) is 1. The Balaban J connectivity index is 3.94. The maximum atomic E-state index is 11.3. The van der Waals surface area contributed by atoms with Crippen molar-refractivity contribution in [3.05, 3.63) is 0 Å². The maximum Gasteiger partial charge on any atom is 0.150 e. The minimum absolute atomic E-state index is 0.246. The van der Waals surface area contributed by atoms with E-state index in [9.17, 15) is 8.42 Å². The molecule has 0 amide bonds. The molecule has 0 aromatic rings. The molecule has 0 fully saturated rings. The molecular formula is C11H24ClNO2S. The summed E-state index contributed by atoms with van der Waals surface area (Å²) in [4.78, 5) is 2.29. The Labute approximate surface area is 105 Å². The van der Waals surface area contributed by atoms with Gasteiger partial charge in [-0.2, -0.15) is 0 Å². The van der Waals surface area contributed by atoms with E-state index in [1.54, 1.807) is 6.92 Å². The highest BCUT2D eigenvalue weighted by molar-refractivity contribution is 7.91. The summed E-state index contributed by atoms with van der Waals surface area (Å²) in [6, 6.07) is 0.451. The van der Waals surface area contributed by atoms with Crippen LogP contribution in [-0.4, -0.2) is 49.8 Å². The Hall–Kier alpha value is 0.200. The molecular weight excluding hydrogens is 246 g/mol. The molecule has 0 rings (SSSR count). The van der Waals surface area contributed by atoms with Gasteiger partial charge in [0.1, 0.15) is 9.84 Å². The van der Waals surface area contributed by atoms with Crippen LogP contribution in [-0.2, 0) is 9.84 Å². The van der Waals surface area contributed by atoms with Gasteiger partial charge in [0.05, 0.1) is 5.75 Å². The first kappa shape index (κ1) is 16.2. The fourth-order valence-electron chi connectivity index (χ4n) is 1.52. The van der Waals surface area contributed by atoms with Crippen LogP contribution in [0, 0.1) is 0 Å². The average molecular weight is 270 g/mol. The minimum Gasteiger partial charge on any atom is -0.301 e. The zero-order valence-electron chi connectivity index (χ0n) is 10.6. The molecule has 0 aromatic carbocycles. The number of hydrogen-bond acceptors (Lipinski definition) is 3. The monoisotopic (exact) mass is 269 g/mol. The third-order valence-corrected chi connectivity index (χ3v) is 4.71. The molecule has 0 heterocycles. The maximum absolute atomic E-state index is 11.3. The SMILES string of the molecule is CCS(=O)(=O)CCCN(CCCCl)C(C)C. The lowest BCUT2D eigenvalue weighted by atomic mass is 10.2. The van der Waals surface area contributed by atoms with E-state index in [0.717, 1.165) is 25.9 Å². The Morgan fingerprint density at radius 3 is 2.19 bits per heavy atom. The van der Waals surface area contributed by atoms with E-state index in [1.807, 2.05) is 0 Å². The van der Waals surface area contributed by atoms with Gasteiger partial charge in [-0.1, -0.05) is 6.92 Å². The van der Waals surface area contributed by atoms with Crippen molar-refractivity contribution in [3.63, 3.8) is 0 Å². The van der Waals surface area contributed by atoms with Crippen molar-refractivity contribution in [2.24, 2.45) is 0 Å². The van der Waals surface area contributed by atoms with Gasteiger partial charge in [-0.25, -0.2) is 8.42 Å². The molecule has 0 aliphatic heterocycles. The molecule has 0 unspecified atom stereocenters. The van der Waals surface area contributed by atoms with Crippen LogP contribution in [0.5, 0.6) is 0 Å². The van der Waals surface area contributed by atoms with Gasteiger partial charge in [0.25, 0.3) is 0 Å². The lowest BCUT2D eigenvalue weighted by molar-refractivity contribution is 0.223. The molecule has 0 N–H and O–H groups in total. The minimum atomic E-state index is -2.81. The zero-order chi connectivity index (χ0) is 12.6. The number of sulfone groups is 1. The van der Waals surface area contributed by atoms with Gasteiger partial charge in [-0.3, -0.25) is 0 Å². The zero-order valence-corrected chi connectivity index (χ0v) is 12.1. The summed E-state index contributed by atoms with van der Waals surface area (Å²) in [6.07, 6.45) is 1.68. The molecule has 0 saturated carbocycles. The molecule has 0 aliphatic rings. The van der Waals surface area contributed by atoms with E-state index in [1.165, 1.54) is 0 Å². The van der Waals surface area contributed by atoms with Crippen LogP contribution >= 0.6 is 11.6 Å². The Kier molecular flexibility index (Phi) is 8.42. The highest BCUT2D eigenvalue weighted by Gasteiger charge is 2.11. The van der Waals surface area contributed by atoms with Crippen LogP contribution < -0.4 is 0 Å². The standard InChI is InChI=1S/C11H24ClNO2S/c1-4-16(14,15)10-6-9-13(11(2)3)8-5-7-12/h11H,4-10H2,1-3H3. The van der Waals surface area contributed by atoms with Gasteiger partial charge in [-0.15, -0.1) is 11.6 Å². The fraction of sp³-hybridized carbons (Fsp3) is 1.00. The molecule has 0 aliphatic carbocycles. The molecule has 98 valence electrons. The first-order chi connectivity index (χ1) is 7.43. The fourth-order valence-corrected chi connectivity index (χ4v) is 2.50. The second kappa shape index (κ2) is 8.31. The predicted octanol–water partition coefficient (Wildman–Crippen LogP) is 2.15. The highest BCUT2D eigenvalue weighted by atomic mass is 35.5. The van der Waals surface area contributed by atoms with Crippen molar-refractivity contribution in [2.75, 3.05) is 30.5 Å². The van der Waals surface area contributed by atoms with E-state index in [4.69, 9.17) is 11.6 Å². The number of alkyl halides is 1. The lowest BCUT2D eigenvalue weighted by Crippen LogP contribution is -2.34. The lowest BCUT2D eigenvalue weighted by Gasteiger charge is -2.25. The number of hydrogen-bond donors (Lipinski definition) is 0. The first-order valence-corrected chi connectivity index (χ1v) is 8.29. The van der Waals surface area contributed by atoms with Gasteiger partial charge in [-0.05, 0) is 39.8 Å². The van der Waals surface area contributed by atoms with Crippen LogP contribution in [0.15, 0.2) is 0 Å². The highest BCUT2D eigenvalue weighted by Crippen LogP contribution is 2.03. The van der Waals surface area contributed by atoms with E-state index < -0.39 is 9.84 Å². The summed E-state index contributed by atoms with van der Waals surface area (Å²) in [5.74, 6) is 1.21. The molecule has 16 heavy (non-hydrogen) atoms. The number of rotatable bonds is 9. The van der Waals surface area contributed by atoms with E-state index in [2.05, 4.69) is 18.7 Å². The summed E-state index contributed by atoms with van der Waals surface area (Å²) < 4.78 is 22.7. The summed E-state index contributed by atoms with van der Waals surface area (Å²) >= 11 is 5.66. The van der Waals surface area contributed by atoms with E-state index >= 15 is 0 Å².